The van der Waals surface area contributed by atoms with Crippen LogP contribution in [0, 0.1) is 17.5 Å². The third kappa shape index (κ3) is 4.11. The quantitative estimate of drug-likeness (QED) is 0.637. The first-order chi connectivity index (χ1) is 14.8. The number of benzene rings is 2. The number of guanidine groups is 1. The molecule has 0 amide bonds. The average Bonchev–Trinajstić information content (AvgIpc) is 2.72. The first kappa shape index (κ1) is 20.9. The number of aliphatic imine (C=N–C) groups is 1. The van der Waals surface area contributed by atoms with Crippen LogP contribution in [-0.4, -0.2) is 19.4 Å². The predicted molar refractivity (Wildman–Crippen MR) is 110 cm³/mol. The lowest BCUT2D eigenvalue weighted by Gasteiger charge is -2.26. The molecule has 2 N–H and O–H groups in total. The molecule has 0 saturated heterocycles. The molecule has 10 heteroatoms. The molecule has 4 rings (SSSR count). The van der Waals surface area contributed by atoms with Gasteiger partial charge >= 0.3 is 0 Å². The van der Waals surface area contributed by atoms with E-state index in [1.165, 1.54) is 42.6 Å². The van der Waals surface area contributed by atoms with Crippen LogP contribution in [0.4, 0.5) is 18.9 Å². The number of sulfonamides is 1. The van der Waals surface area contributed by atoms with Gasteiger partial charge in [-0.3, -0.25) is 4.98 Å². The van der Waals surface area contributed by atoms with Crippen LogP contribution in [-0.2, 0) is 16.6 Å². The van der Waals surface area contributed by atoms with Crippen molar-refractivity contribution in [3.63, 3.8) is 0 Å². The molecule has 0 unspecified atom stereocenters. The van der Waals surface area contributed by atoms with Crippen molar-refractivity contribution in [2.24, 2.45) is 4.99 Å². The normalized spacial score (nSPS) is 16.8. The second-order valence-corrected chi connectivity index (χ2v) is 8.59. The van der Waals surface area contributed by atoms with Crippen molar-refractivity contribution in [3.8, 4) is 0 Å². The van der Waals surface area contributed by atoms with Crippen LogP contribution < -0.4 is 10.0 Å². The van der Waals surface area contributed by atoms with E-state index in [0.717, 1.165) is 12.1 Å². The number of nitrogens with one attached hydrogen (secondary N) is 2. The minimum atomic E-state index is -4.05. The molecule has 0 fully saturated rings. The van der Waals surface area contributed by atoms with E-state index in [2.05, 4.69) is 20.0 Å². The molecule has 1 aliphatic heterocycles. The van der Waals surface area contributed by atoms with E-state index in [4.69, 9.17) is 0 Å². The van der Waals surface area contributed by atoms with Gasteiger partial charge in [-0.05, 0) is 42.0 Å². The molecule has 1 aromatic heterocycles. The third-order valence-corrected chi connectivity index (χ3v) is 6.32. The van der Waals surface area contributed by atoms with Gasteiger partial charge in [0.05, 0.1) is 17.9 Å². The van der Waals surface area contributed by atoms with Crippen LogP contribution in [0.1, 0.15) is 29.7 Å². The topological polar surface area (TPSA) is 83.4 Å². The average molecular weight is 446 g/mol. The Morgan fingerprint density at radius 1 is 1.03 bits per heavy atom. The Kier molecular flexibility index (Phi) is 5.40. The zero-order chi connectivity index (χ0) is 22.2. The molecule has 1 aliphatic rings. The van der Waals surface area contributed by atoms with Gasteiger partial charge in [-0.25, -0.2) is 31.3 Å². The van der Waals surface area contributed by atoms with Crippen molar-refractivity contribution in [2.75, 3.05) is 5.32 Å². The second kappa shape index (κ2) is 8.03. The molecule has 0 radical (unpaired) electrons. The molecular formula is C21H17F3N4O2S. The van der Waals surface area contributed by atoms with Crippen LogP contribution in [0.2, 0.25) is 0 Å². The molecule has 160 valence electrons. The van der Waals surface area contributed by atoms with Crippen molar-refractivity contribution in [1.82, 2.24) is 9.71 Å². The highest BCUT2D eigenvalue weighted by Gasteiger charge is 2.32. The summed E-state index contributed by atoms with van der Waals surface area (Å²) in [7, 11) is -4.05. The van der Waals surface area contributed by atoms with E-state index in [1.54, 1.807) is 6.92 Å². The van der Waals surface area contributed by atoms with Crippen LogP contribution in [0.5, 0.6) is 0 Å². The molecule has 2 aromatic carbocycles. The summed E-state index contributed by atoms with van der Waals surface area (Å²) in [5, 5.41) is 2.81. The second-order valence-electron chi connectivity index (χ2n) is 6.93. The SMILES string of the molecule is C[C@H](c1ccc(F)cc1)c1c(F)ccc2c1NC(=NCc1ncccc1F)NS2(=O)=O. The fraction of sp³-hybridized carbons (Fsp3) is 0.143. The Labute approximate surface area is 176 Å². The van der Waals surface area contributed by atoms with Crippen molar-refractivity contribution >= 4 is 21.7 Å². The number of halogens is 3. The van der Waals surface area contributed by atoms with Crippen LogP contribution in [0.15, 0.2) is 64.6 Å². The largest absolute Gasteiger partial charge is 0.324 e. The van der Waals surface area contributed by atoms with E-state index in [1.807, 2.05) is 0 Å². The number of rotatable bonds is 4. The molecule has 0 bridgehead atoms. The minimum Gasteiger partial charge on any atom is -0.324 e. The molecule has 1 atom stereocenters. The van der Waals surface area contributed by atoms with E-state index in [9.17, 15) is 21.6 Å². The van der Waals surface area contributed by atoms with E-state index >= 15 is 0 Å². The monoisotopic (exact) mass is 446 g/mol. The molecule has 3 aromatic rings. The Hall–Kier alpha value is -3.40. The van der Waals surface area contributed by atoms with Gasteiger partial charge < -0.3 is 5.32 Å². The van der Waals surface area contributed by atoms with Crippen molar-refractivity contribution < 1.29 is 21.6 Å². The molecule has 0 aliphatic carbocycles. The number of anilines is 1. The van der Waals surface area contributed by atoms with Gasteiger partial charge in [-0.2, -0.15) is 0 Å². The van der Waals surface area contributed by atoms with Crippen molar-refractivity contribution in [1.29, 1.82) is 0 Å². The molecule has 31 heavy (non-hydrogen) atoms. The Morgan fingerprint density at radius 2 is 1.77 bits per heavy atom. The zero-order valence-electron chi connectivity index (χ0n) is 16.2. The number of hydrogen-bond donors (Lipinski definition) is 2. The molecule has 2 heterocycles. The smallest absolute Gasteiger partial charge is 0.266 e. The summed E-state index contributed by atoms with van der Waals surface area (Å²) in [5.41, 5.74) is 0.739. The van der Waals surface area contributed by atoms with Crippen LogP contribution >= 0.6 is 0 Å². The fourth-order valence-electron chi connectivity index (χ4n) is 3.36. The number of pyridine rings is 1. The van der Waals surface area contributed by atoms with Gasteiger partial charge in [0.15, 0.2) is 0 Å². The van der Waals surface area contributed by atoms with Gasteiger partial charge in [-0.1, -0.05) is 19.1 Å². The lowest BCUT2D eigenvalue weighted by atomic mass is 9.91. The summed E-state index contributed by atoms with van der Waals surface area (Å²) < 4.78 is 69.7. The fourth-order valence-corrected chi connectivity index (χ4v) is 4.51. The summed E-state index contributed by atoms with van der Waals surface area (Å²) in [4.78, 5) is 7.78. The Morgan fingerprint density at radius 3 is 2.48 bits per heavy atom. The summed E-state index contributed by atoms with van der Waals surface area (Å²) in [6.07, 6.45) is 1.39. The lowest BCUT2D eigenvalue weighted by Crippen LogP contribution is -2.41. The number of hydrogen-bond acceptors (Lipinski definition) is 4. The van der Waals surface area contributed by atoms with Gasteiger partial charge in [0.25, 0.3) is 10.0 Å². The summed E-state index contributed by atoms with van der Waals surface area (Å²) in [6.45, 7) is 1.45. The van der Waals surface area contributed by atoms with Gasteiger partial charge in [0.2, 0.25) is 5.96 Å². The number of nitrogens with zero attached hydrogens (tertiary/aromatic N) is 2. The molecule has 6 nitrogen and oxygen atoms in total. The van der Waals surface area contributed by atoms with Crippen LogP contribution in [0.3, 0.4) is 0 Å². The highest BCUT2D eigenvalue weighted by molar-refractivity contribution is 7.90. The Bertz CT molecular complexity index is 1280. The predicted octanol–water partition coefficient (Wildman–Crippen LogP) is 3.91. The van der Waals surface area contributed by atoms with E-state index in [0.29, 0.717) is 5.56 Å². The standard InChI is InChI=1S/C21H17F3N4O2S/c1-12(13-4-6-14(22)7-5-13)19-16(24)8-9-18-20(19)27-21(28-31(18,29)30)26-11-17-15(23)3-2-10-25-17/h2-10,12H,11H2,1H3,(H2,26,27,28)/t12-/m1/s1. The first-order valence-corrected chi connectivity index (χ1v) is 10.8. The van der Waals surface area contributed by atoms with Crippen molar-refractivity contribution in [2.45, 2.75) is 24.3 Å². The minimum absolute atomic E-state index is 0.0239. The van der Waals surface area contributed by atoms with E-state index < -0.39 is 33.4 Å². The summed E-state index contributed by atoms with van der Waals surface area (Å²) >= 11 is 0. The molecule has 0 spiro atoms. The van der Waals surface area contributed by atoms with Gasteiger partial charge in [0.1, 0.15) is 22.3 Å². The zero-order valence-corrected chi connectivity index (χ0v) is 17.1. The van der Waals surface area contributed by atoms with Crippen molar-refractivity contribution in [3.05, 3.63) is 89.0 Å². The molecule has 0 saturated carbocycles. The van der Waals surface area contributed by atoms with Gasteiger partial charge in [0, 0.05) is 17.7 Å². The number of aromatic nitrogens is 1. The maximum atomic E-state index is 14.8. The highest BCUT2D eigenvalue weighted by Crippen LogP contribution is 2.38. The number of fused-ring (bicyclic) bond motifs is 1. The van der Waals surface area contributed by atoms with E-state index in [-0.39, 0.29) is 34.3 Å². The third-order valence-electron chi connectivity index (χ3n) is 4.94. The summed E-state index contributed by atoms with van der Waals surface area (Å²) in [5.74, 6) is -2.42. The van der Waals surface area contributed by atoms with Crippen LogP contribution in [0.25, 0.3) is 0 Å². The summed E-state index contributed by atoms with van der Waals surface area (Å²) in [6, 6.07) is 10.4. The lowest BCUT2D eigenvalue weighted by molar-refractivity contribution is 0.586. The molecular weight excluding hydrogens is 429 g/mol. The van der Waals surface area contributed by atoms with Gasteiger partial charge in [-0.15, -0.1) is 0 Å². The first-order valence-electron chi connectivity index (χ1n) is 9.28. The maximum absolute atomic E-state index is 14.8. The maximum Gasteiger partial charge on any atom is 0.266 e. The Balaban J connectivity index is 1.76. The highest BCUT2D eigenvalue weighted by atomic mass is 32.2.